The summed E-state index contributed by atoms with van der Waals surface area (Å²) in [4.78, 5) is 10.6. The summed E-state index contributed by atoms with van der Waals surface area (Å²) >= 11 is 9.21. The third-order valence-electron chi connectivity index (χ3n) is 2.88. The number of nitro groups is 1. The highest BCUT2D eigenvalue weighted by Gasteiger charge is 2.16. The van der Waals surface area contributed by atoms with E-state index >= 15 is 0 Å². The van der Waals surface area contributed by atoms with Gasteiger partial charge in [0.15, 0.2) is 0 Å². The van der Waals surface area contributed by atoms with Crippen molar-refractivity contribution < 1.29 is 4.92 Å². The van der Waals surface area contributed by atoms with Gasteiger partial charge in [0.2, 0.25) is 0 Å². The summed E-state index contributed by atoms with van der Waals surface area (Å²) in [5.41, 5.74) is 1.45. The summed E-state index contributed by atoms with van der Waals surface area (Å²) < 4.78 is 0.967. The van der Waals surface area contributed by atoms with Crippen LogP contribution in [0, 0.1) is 10.1 Å². The van der Waals surface area contributed by atoms with Gasteiger partial charge in [0, 0.05) is 21.6 Å². The fourth-order valence-corrected chi connectivity index (χ4v) is 2.45. The molecule has 0 saturated heterocycles. The maximum absolute atomic E-state index is 11.0. The summed E-state index contributed by atoms with van der Waals surface area (Å²) in [6.45, 7) is 1.94. The van der Waals surface area contributed by atoms with Crippen LogP contribution in [0.5, 0.6) is 0 Å². The zero-order chi connectivity index (χ0) is 14.7. The summed E-state index contributed by atoms with van der Waals surface area (Å²) in [6.07, 6.45) is 0. The standard InChI is InChI=1S/C14H12BrClN2O2/c1-9(10-3-2-4-11(15)7-10)17-13-6-5-12(16)8-14(13)18(19)20/h2-9,17H,1H3. The molecule has 2 aromatic rings. The van der Waals surface area contributed by atoms with Gasteiger partial charge < -0.3 is 5.32 Å². The van der Waals surface area contributed by atoms with Crippen molar-refractivity contribution in [2.75, 3.05) is 5.32 Å². The van der Waals surface area contributed by atoms with E-state index in [1.54, 1.807) is 12.1 Å². The van der Waals surface area contributed by atoms with Crippen LogP contribution in [-0.2, 0) is 0 Å². The van der Waals surface area contributed by atoms with E-state index in [2.05, 4.69) is 21.2 Å². The quantitative estimate of drug-likeness (QED) is 0.607. The number of hydrogen-bond acceptors (Lipinski definition) is 3. The number of hydrogen-bond donors (Lipinski definition) is 1. The largest absolute Gasteiger partial charge is 0.373 e. The molecule has 0 amide bonds. The Bertz CT molecular complexity index is 649. The Morgan fingerprint density at radius 2 is 2.05 bits per heavy atom. The summed E-state index contributed by atoms with van der Waals surface area (Å²) in [7, 11) is 0. The molecule has 0 saturated carbocycles. The van der Waals surface area contributed by atoms with E-state index in [4.69, 9.17) is 11.6 Å². The predicted octanol–water partition coefficient (Wildman–Crippen LogP) is 5.18. The van der Waals surface area contributed by atoms with Gasteiger partial charge in [-0.2, -0.15) is 0 Å². The predicted molar refractivity (Wildman–Crippen MR) is 84.3 cm³/mol. The highest BCUT2D eigenvalue weighted by Crippen LogP contribution is 2.31. The Morgan fingerprint density at radius 3 is 2.70 bits per heavy atom. The van der Waals surface area contributed by atoms with Crippen molar-refractivity contribution in [1.82, 2.24) is 0 Å². The van der Waals surface area contributed by atoms with Crippen LogP contribution in [0.3, 0.4) is 0 Å². The molecule has 0 aliphatic heterocycles. The molecular formula is C14H12BrClN2O2. The van der Waals surface area contributed by atoms with E-state index in [9.17, 15) is 10.1 Å². The lowest BCUT2D eigenvalue weighted by Crippen LogP contribution is -2.08. The van der Waals surface area contributed by atoms with Gasteiger partial charge in [-0.15, -0.1) is 0 Å². The number of nitrogens with zero attached hydrogens (tertiary/aromatic N) is 1. The molecule has 1 unspecified atom stereocenters. The van der Waals surface area contributed by atoms with Gasteiger partial charge in [-0.3, -0.25) is 10.1 Å². The van der Waals surface area contributed by atoms with Crippen molar-refractivity contribution in [2.45, 2.75) is 13.0 Å². The lowest BCUT2D eigenvalue weighted by Gasteiger charge is -2.16. The van der Waals surface area contributed by atoms with Crippen molar-refractivity contribution in [3.8, 4) is 0 Å². The topological polar surface area (TPSA) is 55.2 Å². The molecule has 4 nitrogen and oxygen atoms in total. The molecule has 0 aliphatic rings. The van der Waals surface area contributed by atoms with Crippen LogP contribution in [-0.4, -0.2) is 4.92 Å². The summed E-state index contributed by atoms with van der Waals surface area (Å²) in [5, 5.41) is 14.5. The minimum Gasteiger partial charge on any atom is -0.373 e. The number of halogens is 2. The Hall–Kier alpha value is -1.59. The lowest BCUT2D eigenvalue weighted by molar-refractivity contribution is -0.384. The van der Waals surface area contributed by atoms with E-state index in [-0.39, 0.29) is 11.7 Å². The number of anilines is 1. The number of nitrogens with one attached hydrogen (secondary N) is 1. The van der Waals surface area contributed by atoms with Crippen LogP contribution in [0.4, 0.5) is 11.4 Å². The van der Waals surface area contributed by atoms with E-state index in [0.717, 1.165) is 10.0 Å². The Labute approximate surface area is 130 Å². The number of nitro benzene ring substituents is 1. The normalized spacial score (nSPS) is 11.9. The van der Waals surface area contributed by atoms with E-state index in [0.29, 0.717) is 10.7 Å². The second-order valence-electron chi connectivity index (χ2n) is 4.34. The van der Waals surface area contributed by atoms with Gasteiger partial charge in [0.05, 0.1) is 4.92 Å². The molecule has 0 spiro atoms. The summed E-state index contributed by atoms with van der Waals surface area (Å²) in [6, 6.07) is 12.3. The van der Waals surface area contributed by atoms with E-state index in [1.807, 2.05) is 31.2 Å². The molecule has 0 fully saturated rings. The maximum Gasteiger partial charge on any atom is 0.293 e. The Balaban J connectivity index is 2.28. The van der Waals surface area contributed by atoms with Crippen LogP contribution in [0.15, 0.2) is 46.9 Å². The summed E-state index contributed by atoms with van der Waals surface area (Å²) in [5.74, 6) is 0. The molecule has 1 atom stereocenters. The minimum atomic E-state index is -0.443. The molecule has 0 aliphatic carbocycles. The first-order valence-electron chi connectivity index (χ1n) is 5.93. The van der Waals surface area contributed by atoms with Crippen molar-refractivity contribution in [3.63, 3.8) is 0 Å². The second-order valence-corrected chi connectivity index (χ2v) is 5.69. The first kappa shape index (κ1) is 14.8. The van der Waals surface area contributed by atoms with Crippen LogP contribution in [0.2, 0.25) is 5.02 Å². The monoisotopic (exact) mass is 354 g/mol. The van der Waals surface area contributed by atoms with Crippen LogP contribution >= 0.6 is 27.5 Å². The molecule has 0 radical (unpaired) electrons. The van der Waals surface area contributed by atoms with Crippen molar-refractivity contribution in [3.05, 3.63) is 67.6 Å². The first-order chi connectivity index (χ1) is 9.47. The molecule has 2 aromatic carbocycles. The van der Waals surface area contributed by atoms with Crippen LogP contribution in [0.25, 0.3) is 0 Å². The van der Waals surface area contributed by atoms with Crippen LogP contribution < -0.4 is 5.32 Å². The second kappa shape index (κ2) is 6.24. The SMILES string of the molecule is CC(Nc1ccc(Cl)cc1[N+](=O)[O-])c1cccc(Br)c1. The molecule has 0 aromatic heterocycles. The average Bonchev–Trinajstić information content (AvgIpc) is 2.40. The maximum atomic E-state index is 11.0. The van der Waals surface area contributed by atoms with Crippen molar-refractivity contribution >= 4 is 38.9 Å². The first-order valence-corrected chi connectivity index (χ1v) is 7.10. The van der Waals surface area contributed by atoms with Gasteiger partial charge >= 0.3 is 0 Å². The third-order valence-corrected chi connectivity index (χ3v) is 3.61. The molecule has 0 bridgehead atoms. The fraction of sp³-hybridized carbons (Fsp3) is 0.143. The number of benzene rings is 2. The highest BCUT2D eigenvalue weighted by molar-refractivity contribution is 9.10. The fourth-order valence-electron chi connectivity index (χ4n) is 1.87. The van der Waals surface area contributed by atoms with Gasteiger partial charge in [-0.25, -0.2) is 0 Å². The number of rotatable bonds is 4. The highest BCUT2D eigenvalue weighted by atomic mass is 79.9. The molecule has 1 N–H and O–H groups in total. The molecule has 20 heavy (non-hydrogen) atoms. The molecule has 2 rings (SSSR count). The smallest absolute Gasteiger partial charge is 0.293 e. The Kier molecular flexibility index (Phi) is 4.62. The zero-order valence-electron chi connectivity index (χ0n) is 10.6. The molecule has 0 heterocycles. The zero-order valence-corrected chi connectivity index (χ0v) is 13.0. The van der Waals surface area contributed by atoms with Crippen molar-refractivity contribution in [2.24, 2.45) is 0 Å². The van der Waals surface area contributed by atoms with Gasteiger partial charge in [-0.05, 0) is 36.8 Å². The lowest BCUT2D eigenvalue weighted by atomic mass is 10.1. The van der Waals surface area contributed by atoms with Crippen molar-refractivity contribution in [1.29, 1.82) is 0 Å². The van der Waals surface area contributed by atoms with E-state index < -0.39 is 4.92 Å². The van der Waals surface area contributed by atoms with Gasteiger partial charge in [0.1, 0.15) is 5.69 Å². The minimum absolute atomic E-state index is 0.0284. The molecule has 104 valence electrons. The molecule has 6 heteroatoms. The van der Waals surface area contributed by atoms with Crippen LogP contribution in [0.1, 0.15) is 18.5 Å². The average molecular weight is 356 g/mol. The Morgan fingerprint density at radius 1 is 1.30 bits per heavy atom. The van der Waals surface area contributed by atoms with Gasteiger partial charge in [-0.1, -0.05) is 39.7 Å². The third kappa shape index (κ3) is 3.49. The molecular weight excluding hydrogens is 344 g/mol. The van der Waals surface area contributed by atoms with E-state index in [1.165, 1.54) is 6.07 Å². The van der Waals surface area contributed by atoms with Gasteiger partial charge in [0.25, 0.3) is 5.69 Å².